The first-order valence-electron chi connectivity index (χ1n) is 8.43. The molecule has 1 atom stereocenters. The van der Waals surface area contributed by atoms with Crippen LogP contribution in [0.5, 0.6) is 0 Å². The molecule has 0 amide bonds. The van der Waals surface area contributed by atoms with E-state index in [4.69, 9.17) is 9.40 Å². The van der Waals surface area contributed by atoms with Crippen LogP contribution in [0, 0.1) is 11.3 Å². The second-order valence-corrected chi connectivity index (χ2v) is 5.93. The number of benzene rings is 3. The van der Waals surface area contributed by atoms with Crippen molar-refractivity contribution in [3.8, 4) is 28.7 Å². The molecule has 0 saturated carbocycles. The molecule has 1 heterocycles. The van der Waals surface area contributed by atoms with Gasteiger partial charge in [0, 0.05) is 11.1 Å². The van der Waals surface area contributed by atoms with Crippen LogP contribution in [-0.4, -0.2) is 4.98 Å². The van der Waals surface area contributed by atoms with Gasteiger partial charge in [-0.05, 0) is 5.56 Å². The van der Waals surface area contributed by atoms with E-state index in [1.165, 1.54) is 0 Å². The molecule has 0 bridgehead atoms. The van der Waals surface area contributed by atoms with Gasteiger partial charge in [0.25, 0.3) is 0 Å². The van der Waals surface area contributed by atoms with Gasteiger partial charge in [-0.15, -0.1) is 0 Å². The Kier molecular flexibility index (Phi) is 4.32. The molecule has 0 fully saturated rings. The van der Waals surface area contributed by atoms with E-state index in [2.05, 4.69) is 6.07 Å². The zero-order chi connectivity index (χ0) is 17.8. The standard InChI is InChI=1S/C23H16N2O/c24-16-20(17-10-4-1-5-11-17)23-25-21(18-12-6-2-7-13-18)22(26-23)19-14-8-3-9-15-19/h1-15,20H. The predicted octanol–water partition coefficient (Wildman–Crippen LogP) is 5.66. The smallest absolute Gasteiger partial charge is 0.217 e. The van der Waals surface area contributed by atoms with Crippen molar-refractivity contribution < 1.29 is 4.42 Å². The van der Waals surface area contributed by atoms with Crippen LogP contribution in [0.3, 0.4) is 0 Å². The van der Waals surface area contributed by atoms with E-state index in [1.807, 2.05) is 91.0 Å². The lowest BCUT2D eigenvalue weighted by Crippen LogP contribution is -1.98. The zero-order valence-electron chi connectivity index (χ0n) is 14.0. The lowest BCUT2D eigenvalue weighted by atomic mass is 10.0. The molecular formula is C23H16N2O. The Bertz CT molecular complexity index is 975. The lowest BCUT2D eigenvalue weighted by molar-refractivity contribution is 0.505. The first-order chi connectivity index (χ1) is 12.9. The highest BCUT2D eigenvalue weighted by atomic mass is 16.4. The number of hydrogen-bond donors (Lipinski definition) is 0. The minimum atomic E-state index is -0.545. The summed E-state index contributed by atoms with van der Waals surface area (Å²) in [6.45, 7) is 0. The van der Waals surface area contributed by atoms with E-state index in [1.54, 1.807) is 0 Å². The molecule has 0 N–H and O–H groups in total. The SMILES string of the molecule is N#CC(c1ccccc1)c1nc(-c2ccccc2)c(-c2ccccc2)o1. The third kappa shape index (κ3) is 3.01. The molecular weight excluding hydrogens is 320 g/mol. The van der Waals surface area contributed by atoms with Crippen molar-refractivity contribution in [3.63, 3.8) is 0 Å². The summed E-state index contributed by atoms with van der Waals surface area (Å²) in [6, 6.07) is 31.7. The van der Waals surface area contributed by atoms with Crippen LogP contribution in [0.2, 0.25) is 0 Å². The Morgan fingerprint density at radius 3 is 1.85 bits per heavy atom. The first kappa shape index (κ1) is 15.9. The fourth-order valence-electron chi connectivity index (χ4n) is 2.95. The van der Waals surface area contributed by atoms with Crippen molar-refractivity contribution in [1.29, 1.82) is 5.26 Å². The Balaban J connectivity index is 1.88. The summed E-state index contributed by atoms with van der Waals surface area (Å²) >= 11 is 0. The summed E-state index contributed by atoms with van der Waals surface area (Å²) < 4.78 is 6.13. The molecule has 0 saturated heterocycles. The molecule has 4 aromatic rings. The van der Waals surface area contributed by atoms with E-state index in [0.29, 0.717) is 11.7 Å². The van der Waals surface area contributed by atoms with Gasteiger partial charge in [0.1, 0.15) is 11.6 Å². The van der Waals surface area contributed by atoms with Gasteiger partial charge in [0.2, 0.25) is 5.89 Å². The number of oxazole rings is 1. The van der Waals surface area contributed by atoms with Crippen LogP contribution in [0.15, 0.2) is 95.4 Å². The topological polar surface area (TPSA) is 49.8 Å². The molecule has 0 radical (unpaired) electrons. The minimum Gasteiger partial charge on any atom is -0.438 e. The molecule has 0 aliphatic heterocycles. The Labute approximate surface area is 152 Å². The van der Waals surface area contributed by atoms with Gasteiger partial charge in [0.15, 0.2) is 5.76 Å². The third-order valence-corrected chi connectivity index (χ3v) is 4.24. The van der Waals surface area contributed by atoms with Crippen LogP contribution in [0.25, 0.3) is 22.6 Å². The van der Waals surface area contributed by atoms with Crippen molar-refractivity contribution in [2.24, 2.45) is 0 Å². The molecule has 3 aromatic carbocycles. The van der Waals surface area contributed by atoms with Crippen molar-refractivity contribution in [1.82, 2.24) is 4.98 Å². The van der Waals surface area contributed by atoms with E-state index >= 15 is 0 Å². The van der Waals surface area contributed by atoms with Gasteiger partial charge in [-0.25, -0.2) is 4.98 Å². The highest BCUT2D eigenvalue weighted by Gasteiger charge is 2.24. The Hall–Kier alpha value is -3.64. The number of aromatic nitrogens is 1. The fourth-order valence-corrected chi connectivity index (χ4v) is 2.95. The highest BCUT2D eigenvalue weighted by Crippen LogP contribution is 2.36. The molecule has 1 aromatic heterocycles. The maximum Gasteiger partial charge on any atom is 0.217 e. The summed E-state index contributed by atoms with van der Waals surface area (Å²) in [4.78, 5) is 4.72. The van der Waals surface area contributed by atoms with Gasteiger partial charge in [0.05, 0.1) is 6.07 Å². The van der Waals surface area contributed by atoms with E-state index in [-0.39, 0.29) is 0 Å². The van der Waals surface area contributed by atoms with Crippen molar-refractivity contribution in [2.75, 3.05) is 0 Å². The molecule has 1 unspecified atom stereocenters. The van der Waals surface area contributed by atoms with Gasteiger partial charge in [-0.2, -0.15) is 5.26 Å². The van der Waals surface area contributed by atoms with Gasteiger partial charge < -0.3 is 4.42 Å². The number of rotatable bonds is 4. The second-order valence-electron chi connectivity index (χ2n) is 5.93. The minimum absolute atomic E-state index is 0.413. The van der Waals surface area contributed by atoms with Crippen LogP contribution in [0.4, 0.5) is 0 Å². The average Bonchev–Trinajstić information content (AvgIpc) is 3.16. The quantitative estimate of drug-likeness (QED) is 0.483. The van der Waals surface area contributed by atoms with Crippen molar-refractivity contribution >= 4 is 0 Å². The van der Waals surface area contributed by atoms with E-state index in [9.17, 15) is 5.26 Å². The molecule has 4 rings (SSSR count). The Morgan fingerprint density at radius 1 is 0.731 bits per heavy atom. The normalized spacial score (nSPS) is 11.7. The predicted molar refractivity (Wildman–Crippen MR) is 101 cm³/mol. The Morgan fingerprint density at radius 2 is 1.27 bits per heavy atom. The van der Waals surface area contributed by atoms with Crippen LogP contribution >= 0.6 is 0 Å². The van der Waals surface area contributed by atoms with Gasteiger partial charge in [-0.3, -0.25) is 0 Å². The lowest BCUT2D eigenvalue weighted by Gasteiger charge is -2.04. The summed E-state index contributed by atoms with van der Waals surface area (Å²) in [5.74, 6) is 0.551. The molecule has 124 valence electrons. The molecule has 3 heteroatoms. The van der Waals surface area contributed by atoms with Crippen molar-refractivity contribution in [3.05, 3.63) is 102 Å². The number of hydrogen-bond acceptors (Lipinski definition) is 3. The molecule has 0 aliphatic carbocycles. The largest absolute Gasteiger partial charge is 0.438 e. The van der Waals surface area contributed by atoms with Crippen LogP contribution in [0.1, 0.15) is 17.4 Å². The van der Waals surface area contributed by atoms with Crippen LogP contribution < -0.4 is 0 Å². The van der Waals surface area contributed by atoms with E-state index in [0.717, 1.165) is 22.4 Å². The maximum atomic E-state index is 9.72. The number of nitrogens with zero attached hydrogens (tertiary/aromatic N) is 2. The van der Waals surface area contributed by atoms with E-state index < -0.39 is 5.92 Å². The zero-order valence-corrected chi connectivity index (χ0v) is 14.0. The monoisotopic (exact) mass is 336 g/mol. The third-order valence-electron chi connectivity index (χ3n) is 4.24. The average molecular weight is 336 g/mol. The first-order valence-corrected chi connectivity index (χ1v) is 8.43. The summed E-state index contributed by atoms with van der Waals surface area (Å²) in [5.41, 5.74) is 3.53. The summed E-state index contributed by atoms with van der Waals surface area (Å²) in [6.07, 6.45) is 0. The number of nitriles is 1. The highest BCUT2D eigenvalue weighted by molar-refractivity contribution is 5.77. The molecule has 3 nitrogen and oxygen atoms in total. The van der Waals surface area contributed by atoms with Crippen molar-refractivity contribution in [2.45, 2.75) is 5.92 Å². The second kappa shape index (κ2) is 7.08. The van der Waals surface area contributed by atoms with Gasteiger partial charge >= 0.3 is 0 Å². The maximum absolute atomic E-state index is 9.72. The summed E-state index contributed by atoms with van der Waals surface area (Å²) in [5, 5.41) is 9.72. The summed E-state index contributed by atoms with van der Waals surface area (Å²) in [7, 11) is 0. The molecule has 0 aliphatic rings. The van der Waals surface area contributed by atoms with Gasteiger partial charge in [-0.1, -0.05) is 91.0 Å². The van der Waals surface area contributed by atoms with Crippen LogP contribution in [-0.2, 0) is 0 Å². The molecule has 26 heavy (non-hydrogen) atoms. The molecule has 0 spiro atoms. The fraction of sp³-hybridized carbons (Fsp3) is 0.0435.